The summed E-state index contributed by atoms with van der Waals surface area (Å²) < 4.78 is 0. The van der Waals surface area contributed by atoms with Crippen molar-refractivity contribution in [3.63, 3.8) is 0 Å². The monoisotopic (exact) mass is 249 g/mol. The van der Waals surface area contributed by atoms with Crippen LogP contribution in [0.1, 0.15) is 59.3 Å². The Kier molecular flexibility index (Phi) is 3.86. The van der Waals surface area contributed by atoms with Gasteiger partial charge in [-0.2, -0.15) is 0 Å². The minimum Gasteiger partial charge on any atom is -0.385 e. The van der Waals surface area contributed by atoms with E-state index in [1.165, 1.54) is 25.0 Å². The number of hydrogen-bond acceptors (Lipinski definition) is 2. The Bertz CT molecular complexity index is 356. The maximum atomic E-state index is 10.4. The van der Waals surface area contributed by atoms with Gasteiger partial charge < -0.3 is 10.0 Å². The summed E-state index contributed by atoms with van der Waals surface area (Å²) in [6.07, 6.45) is 12.9. The van der Waals surface area contributed by atoms with Gasteiger partial charge in [0.25, 0.3) is 0 Å². The van der Waals surface area contributed by atoms with Crippen molar-refractivity contribution >= 4 is 0 Å². The molecule has 0 aromatic rings. The predicted molar refractivity (Wildman–Crippen MR) is 76.3 cm³/mol. The molecule has 0 spiro atoms. The fourth-order valence-corrected chi connectivity index (χ4v) is 3.22. The standard InChI is InChI=1S/C16H27NO/c1-4-9-16(18)11-7-14(8-12-16)17-13-6-5-10-15(17,2)3/h7-8,11,18H,4-6,9-10,12-13H2,1-3H3. The van der Waals surface area contributed by atoms with Gasteiger partial charge >= 0.3 is 0 Å². The number of hydrogen-bond donors (Lipinski definition) is 1. The van der Waals surface area contributed by atoms with Crippen molar-refractivity contribution in [1.29, 1.82) is 0 Å². The van der Waals surface area contributed by atoms with Crippen LogP contribution in [0.15, 0.2) is 23.9 Å². The maximum Gasteiger partial charge on any atom is 0.0866 e. The number of allylic oxidation sites excluding steroid dienone is 1. The van der Waals surface area contributed by atoms with Crippen molar-refractivity contribution in [2.24, 2.45) is 0 Å². The molecule has 2 heteroatoms. The lowest BCUT2D eigenvalue weighted by Gasteiger charge is -2.46. The van der Waals surface area contributed by atoms with Gasteiger partial charge in [-0.1, -0.05) is 25.5 Å². The van der Waals surface area contributed by atoms with Crippen LogP contribution in [-0.4, -0.2) is 27.7 Å². The molecule has 1 aliphatic heterocycles. The summed E-state index contributed by atoms with van der Waals surface area (Å²) in [5, 5.41) is 10.4. The molecule has 2 nitrogen and oxygen atoms in total. The average Bonchev–Trinajstić information content (AvgIpc) is 2.30. The molecular weight excluding hydrogens is 222 g/mol. The van der Waals surface area contributed by atoms with Crippen LogP contribution in [-0.2, 0) is 0 Å². The molecule has 2 aliphatic rings. The Morgan fingerprint density at radius 3 is 2.67 bits per heavy atom. The fraction of sp³-hybridized carbons (Fsp3) is 0.750. The first kappa shape index (κ1) is 13.7. The zero-order valence-corrected chi connectivity index (χ0v) is 12.1. The van der Waals surface area contributed by atoms with E-state index < -0.39 is 5.60 Å². The van der Waals surface area contributed by atoms with Crippen LogP contribution in [0.4, 0.5) is 0 Å². The Hall–Kier alpha value is -0.760. The SMILES string of the molecule is CCCC1(O)C=CC(N2CCCCC2(C)C)=CC1. The minimum absolute atomic E-state index is 0.259. The van der Waals surface area contributed by atoms with Gasteiger partial charge in [-0.15, -0.1) is 0 Å². The zero-order chi connectivity index (χ0) is 13.2. The van der Waals surface area contributed by atoms with Crippen LogP contribution in [0.25, 0.3) is 0 Å². The van der Waals surface area contributed by atoms with Crippen molar-refractivity contribution in [3.05, 3.63) is 23.9 Å². The molecule has 1 unspecified atom stereocenters. The van der Waals surface area contributed by atoms with E-state index in [2.05, 4.69) is 37.8 Å². The van der Waals surface area contributed by atoms with Gasteiger partial charge in [-0.3, -0.25) is 0 Å². The first-order valence-corrected chi connectivity index (χ1v) is 7.36. The molecular formula is C16H27NO. The van der Waals surface area contributed by atoms with E-state index in [0.29, 0.717) is 0 Å². The van der Waals surface area contributed by atoms with Gasteiger partial charge in [0.15, 0.2) is 0 Å². The molecule has 1 saturated heterocycles. The van der Waals surface area contributed by atoms with E-state index in [0.717, 1.165) is 25.8 Å². The van der Waals surface area contributed by atoms with E-state index in [9.17, 15) is 5.11 Å². The predicted octanol–water partition coefficient (Wildman–Crippen LogP) is 3.63. The first-order valence-electron chi connectivity index (χ1n) is 7.36. The van der Waals surface area contributed by atoms with Crippen LogP contribution in [0.5, 0.6) is 0 Å². The summed E-state index contributed by atoms with van der Waals surface area (Å²) in [7, 11) is 0. The van der Waals surface area contributed by atoms with E-state index >= 15 is 0 Å². The second kappa shape index (κ2) is 5.08. The van der Waals surface area contributed by atoms with Crippen molar-refractivity contribution < 1.29 is 5.11 Å². The molecule has 18 heavy (non-hydrogen) atoms. The van der Waals surface area contributed by atoms with Crippen LogP contribution >= 0.6 is 0 Å². The summed E-state index contributed by atoms with van der Waals surface area (Å²) in [4.78, 5) is 2.51. The molecule has 0 aromatic heterocycles. The van der Waals surface area contributed by atoms with Gasteiger partial charge in [0.2, 0.25) is 0 Å². The number of nitrogens with zero attached hydrogens (tertiary/aromatic N) is 1. The summed E-state index contributed by atoms with van der Waals surface area (Å²) >= 11 is 0. The Balaban J connectivity index is 2.08. The van der Waals surface area contributed by atoms with Crippen molar-refractivity contribution in [1.82, 2.24) is 4.90 Å². The first-order chi connectivity index (χ1) is 8.47. The number of likely N-dealkylation sites (tertiary alicyclic amines) is 1. The molecule has 1 N–H and O–H groups in total. The molecule has 0 radical (unpaired) electrons. The topological polar surface area (TPSA) is 23.5 Å². The largest absolute Gasteiger partial charge is 0.385 e. The van der Waals surface area contributed by atoms with Crippen LogP contribution in [0.3, 0.4) is 0 Å². The van der Waals surface area contributed by atoms with Crippen LogP contribution in [0.2, 0.25) is 0 Å². The fourth-order valence-electron chi connectivity index (χ4n) is 3.22. The maximum absolute atomic E-state index is 10.4. The highest BCUT2D eigenvalue weighted by Crippen LogP contribution is 2.34. The van der Waals surface area contributed by atoms with Gasteiger partial charge in [0.1, 0.15) is 0 Å². The van der Waals surface area contributed by atoms with Crippen LogP contribution < -0.4 is 0 Å². The van der Waals surface area contributed by atoms with E-state index in [-0.39, 0.29) is 5.54 Å². The van der Waals surface area contributed by atoms with Crippen molar-refractivity contribution in [2.75, 3.05) is 6.54 Å². The summed E-state index contributed by atoms with van der Waals surface area (Å²) in [5.41, 5.74) is 0.966. The van der Waals surface area contributed by atoms with Gasteiger partial charge in [-0.05, 0) is 45.6 Å². The molecule has 0 amide bonds. The van der Waals surface area contributed by atoms with Gasteiger partial charge in [-0.25, -0.2) is 0 Å². The van der Waals surface area contributed by atoms with E-state index in [1.54, 1.807) is 0 Å². The highest BCUT2D eigenvalue weighted by atomic mass is 16.3. The van der Waals surface area contributed by atoms with Crippen LogP contribution in [0, 0.1) is 0 Å². The molecule has 102 valence electrons. The van der Waals surface area contributed by atoms with E-state index in [4.69, 9.17) is 0 Å². The lowest BCUT2D eigenvalue weighted by molar-refractivity contribution is 0.0760. The van der Waals surface area contributed by atoms with Crippen molar-refractivity contribution in [3.8, 4) is 0 Å². The summed E-state index contributed by atoms with van der Waals surface area (Å²) in [6.45, 7) is 7.93. The van der Waals surface area contributed by atoms with Crippen molar-refractivity contribution in [2.45, 2.75) is 70.4 Å². The Morgan fingerprint density at radius 1 is 1.33 bits per heavy atom. The third-order valence-corrected chi connectivity index (χ3v) is 4.37. The molecule has 1 fully saturated rings. The molecule has 0 saturated carbocycles. The third kappa shape index (κ3) is 2.80. The highest BCUT2D eigenvalue weighted by molar-refractivity contribution is 5.28. The number of aliphatic hydroxyl groups is 1. The third-order valence-electron chi connectivity index (χ3n) is 4.37. The molecule has 1 aliphatic carbocycles. The number of piperidine rings is 1. The minimum atomic E-state index is -0.599. The lowest BCUT2D eigenvalue weighted by atomic mass is 9.86. The lowest BCUT2D eigenvalue weighted by Crippen LogP contribution is -2.47. The molecule has 1 atom stereocenters. The molecule has 1 heterocycles. The quantitative estimate of drug-likeness (QED) is 0.825. The van der Waals surface area contributed by atoms with Gasteiger partial charge in [0.05, 0.1) is 5.60 Å². The molecule has 0 aromatic carbocycles. The summed E-state index contributed by atoms with van der Waals surface area (Å²) in [6, 6.07) is 0. The molecule has 0 bridgehead atoms. The summed E-state index contributed by atoms with van der Waals surface area (Å²) in [5.74, 6) is 0. The average molecular weight is 249 g/mol. The normalized spacial score (nSPS) is 31.3. The smallest absolute Gasteiger partial charge is 0.0866 e. The van der Waals surface area contributed by atoms with E-state index in [1.807, 2.05) is 6.08 Å². The molecule has 2 rings (SSSR count). The number of rotatable bonds is 3. The van der Waals surface area contributed by atoms with Gasteiger partial charge in [0, 0.05) is 24.2 Å². The second-order valence-electron chi connectivity index (χ2n) is 6.44. The Labute approximate surface area is 111 Å². The second-order valence-corrected chi connectivity index (χ2v) is 6.44. The highest BCUT2D eigenvalue weighted by Gasteiger charge is 2.32. The zero-order valence-electron chi connectivity index (χ0n) is 12.1. The Morgan fingerprint density at radius 2 is 2.11 bits per heavy atom.